The van der Waals surface area contributed by atoms with E-state index in [2.05, 4.69) is 36.8 Å². The molecule has 2 rings (SSSR count). The maximum Gasteiger partial charge on any atom is 0.0644 e. The molecule has 4 nitrogen and oxygen atoms in total. The second kappa shape index (κ2) is 6.06. The van der Waals surface area contributed by atoms with Gasteiger partial charge in [-0.2, -0.15) is 5.10 Å². The molecular weight excluding hydrogens is 238 g/mol. The standard InChI is InChI=1S/C15H27N3O/c1-15(2,3)12-17-8-5-13(6-9-17)14-4-7-16-18(14)10-11-19/h4,7,13,19H,5-6,8-12H2,1-3H3. The number of hydrogen-bond donors (Lipinski definition) is 1. The summed E-state index contributed by atoms with van der Waals surface area (Å²) in [5, 5.41) is 13.4. The van der Waals surface area contributed by atoms with Gasteiger partial charge in [0.15, 0.2) is 0 Å². The Hall–Kier alpha value is -0.870. The fourth-order valence-electron chi connectivity index (χ4n) is 3.03. The van der Waals surface area contributed by atoms with Crippen LogP contribution in [0.4, 0.5) is 0 Å². The third kappa shape index (κ3) is 4.05. The van der Waals surface area contributed by atoms with Gasteiger partial charge in [0.1, 0.15) is 0 Å². The molecule has 0 aromatic carbocycles. The molecule has 0 atom stereocenters. The monoisotopic (exact) mass is 265 g/mol. The smallest absolute Gasteiger partial charge is 0.0644 e. The average Bonchev–Trinajstić information content (AvgIpc) is 2.77. The van der Waals surface area contributed by atoms with Crippen molar-refractivity contribution in [2.24, 2.45) is 5.41 Å². The Balaban J connectivity index is 1.91. The molecule has 1 aliphatic heterocycles. The molecule has 1 aromatic heterocycles. The van der Waals surface area contributed by atoms with E-state index >= 15 is 0 Å². The first-order valence-electron chi connectivity index (χ1n) is 7.34. The van der Waals surface area contributed by atoms with Gasteiger partial charge in [0.05, 0.1) is 13.2 Å². The van der Waals surface area contributed by atoms with Crippen LogP contribution in [0.2, 0.25) is 0 Å². The molecule has 4 heteroatoms. The van der Waals surface area contributed by atoms with Crippen molar-refractivity contribution in [3.63, 3.8) is 0 Å². The molecule has 1 aromatic rings. The highest BCUT2D eigenvalue weighted by molar-refractivity contribution is 5.09. The number of rotatable bonds is 4. The van der Waals surface area contributed by atoms with Gasteiger partial charge in [0, 0.05) is 24.4 Å². The summed E-state index contributed by atoms with van der Waals surface area (Å²) in [7, 11) is 0. The molecule has 1 fully saturated rings. The summed E-state index contributed by atoms with van der Waals surface area (Å²) in [6.07, 6.45) is 4.26. The van der Waals surface area contributed by atoms with Crippen LogP contribution in [-0.2, 0) is 6.54 Å². The Labute approximate surface area is 116 Å². The molecule has 0 bridgehead atoms. The van der Waals surface area contributed by atoms with E-state index in [0.717, 1.165) is 0 Å². The van der Waals surface area contributed by atoms with Gasteiger partial charge in [-0.15, -0.1) is 0 Å². The lowest BCUT2D eigenvalue weighted by molar-refractivity contribution is 0.151. The number of aliphatic hydroxyl groups excluding tert-OH is 1. The number of likely N-dealkylation sites (tertiary alicyclic amines) is 1. The van der Waals surface area contributed by atoms with Crippen LogP contribution in [-0.4, -0.2) is 46.0 Å². The molecule has 2 heterocycles. The quantitative estimate of drug-likeness (QED) is 0.906. The Morgan fingerprint density at radius 3 is 2.58 bits per heavy atom. The van der Waals surface area contributed by atoms with Crippen LogP contribution < -0.4 is 0 Å². The second-order valence-electron chi connectivity index (χ2n) is 6.81. The second-order valence-corrected chi connectivity index (χ2v) is 6.81. The van der Waals surface area contributed by atoms with Gasteiger partial charge in [-0.1, -0.05) is 20.8 Å². The van der Waals surface area contributed by atoms with Crippen molar-refractivity contribution in [3.05, 3.63) is 18.0 Å². The van der Waals surface area contributed by atoms with Crippen LogP contribution >= 0.6 is 0 Å². The summed E-state index contributed by atoms with van der Waals surface area (Å²) >= 11 is 0. The lowest BCUT2D eigenvalue weighted by Gasteiger charge is -2.36. The number of aromatic nitrogens is 2. The highest BCUT2D eigenvalue weighted by Crippen LogP contribution is 2.29. The van der Waals surface area contributed by atoms with E-state index in [1.165, 1.54) is 38.2 Å². The van der Waals surface area contributed by atoms with Crippen molar-refractivity contribution in [2.45, 2.75) is 46.1 Å². The van der Waals surface area contributed by atoms with Crippen molar-refractivity contribution >= 4 is 0 Å². The molecule has 19 heavy (non-hydrogen) atoms. The van der Waals surface area contributed by atoms with Crippen LogP contribution in [0.15, 0.2) is 12.3 Å². The summed E-state index contributed by atoms with van der Waals surface area (Å²) in [4.78, 5) is 2.57. The Kier molecular flexibility index (Phi) is 4.63. The maximum atomic E-state index is 9.06. The Bertz CT molecular complexity index is 386. The fourth-order valence-corrected chi connectivity index (χ4v) is 3.03. The zero-order chi connectivity index (χ0) is 13.9. The van der Waals surface area contributed by atoms with Gasteiger partial charge in [-0.05, 0) is 37.4 Å². The van der Waals surface area contributed by atoms with Crippen molar-refractivity contribution in [3.8, 4) is 0 Å². The van der Waals surface area contributed by atoms with Gasteiger partial charge in [0.25, 0.3) is 0 Å². The first kappa shape index (κ1) is 14.5. The van der Waals surface area contributed by atoms with E-state index in [0.29, 0.717) is 17.9 Å². The largest absolute Gasteiger partial charge is 0.394 e. The van der Waals surface area contributed by atoms with Crippen molar-refractivity contribution < 1.29 is 5.11 Å². The average molecular weight is 265 g/mol. The van der Waals surface area contributed by atoms with Gasteiger partial charge in [-0.3, -0.25) is 4.68 Å². The van der Waals surface area contributed by atoms with E-state index in [4.69, 9.17) is 5.11 Å². The van der Waals surface area contributed by atoms with Crippen LogP contribution in [0.1, 0.15) is 45.2 Å². The number of piperidine rings is 1. The molecule has 0 unspecified atom stereocenters. The van der Waals surface area contributed by atoms with Crippen molar-refractivity contribution in [1.29, 1.82) is 0 Å². The molecule has 0 radical (unpaired) electrons. The minimum Gasteiger partial charge on any atom is -0.394 e. The zero-order valence-electron chi connectivity index (χ0n) is 12.5. The lowest BCUT2D eigenvalue weighted by atomic mass is 9.90. The minimum absolute atomic E-state index is 0.164. The van der Waals surface area contributed by atoms with Crippen LogP contribution in [0.25, 0.3) is 0 Å². The van der Waals surface area contributed by atoms with E-state index in [9.17, 15) is 0 Å². The Morgan fingerprint density at radius 2 is 2.00 bits per heavy atom. The molecular formula is C15H27N3O. The fraction of sp³-hybridized carbons (Fsp3) is 0.800. The van der Waals surface area contributed by atoms with E-state index in [1.807, 2.05) is 10.9 Å². The number of nitrogens with zero attached hydrogens (tertiary/aromatic N) is 3. The van der Waals surface area contributed by atoms with Crippen LogP contribution in [0.5, 0.6) is 0 Å². The topological polar surface area (TPSA) is 41.3 Å². The zero-order valence-corrected chi connectivity index (χ0v) is 12.5. The highest BCUT2D eigenvalue weighted by Gasteiger charge is 2.25. The van der Waals surface area contributed by atoms with Gasteiger partial charge < -0.3 is 10.0 Å². The highest BCUT2D eigenvalue weighted by atomic mass is 16.3. The normalized spacial score (nSPS) is 18.9. The van der Waals surface area contributed by atoms with Crippen molar-refractivity contribution in [2.75, 3.05) is 26.2 Å². The molecule has 0 amide bonds. The molecule has 1 N–H and O–H groups in total. The summed E-state index contributed by atoms with van der Waals surface area (Å²) in [5.74, 6) is 0.602. The first-order chi connectivity index (χ1) is 8.99. The minimum atomic E-state index is 0.164. The summed E-state index contributed by atoms with van der Waals surface area (Å²) < 4.78 is 1.96. The summed E-state index contributed by atoms with van der Waals surface area (Å²) in [6.45, 7) is 11.2. The molecule has 108 valence electrons. The van der Waals surface area contributed by atoms with E-state index < -0.39 is 0 Å². The molecule has 1 aliphatic rings. The third-order valence-corrected chi connectivity index (χ3v) is 3.76. The molecule has 1 saturated heterocycles. The van der Waals surface area contributed by atoms with E-state index in [1.54, 1.807) is 0 Å². The van der Waals surface area contributed by atoms with Crippen LogP contribution in [0, 0.1) is 5.41 Å². The maximum absolute atomic E-state index is 9.06. The number of hydrogen-bond acceptors (Lipinski definition) is 3. The van der Waals surface area contributed by atoms with E-state index in [-0.39, 0.29) is 6.61 Å². The predicted octanol–water partition coefficient (Wildman–Crippen LogP) is 2.10. The Morgan fingerprint density at radius 1 is 1.32 bits per heavy atom. The molecule has 0 aliphatic carbocycles. The van der Waals surface area contributed by atoms with Gasteiger partial charge in [0.2, 0.25) is 0 Å². The lowest BCUT2D eigenvalue weighted by Crippen LogP contribution is -2.38. The summed E-state index contributed by atoms with van der Waals surface area (Å²) in [5.41, 5.74) is 1.68. The molecule has 0 spiro atoms. The SMILES string of the molecule is CC(C)(C)CN1CCC(c2ccnn2CCO)CC1. The first-order valence-corrected chi connectivity index (χ1v) is 7.34. The number of aliphatic hydroxyl groups is 1. The third-order valence-electron chi connectivity index (χ3n) is 3.76. The summed E-state index contributed by atoms with van der Waals surface area (Å²) in [6, 6.07) is 2.11. The predicted molar refractivity (Wildman–Crippen MR) is 77.2 cm³/mol. The van der Waals surface area contributed by atoms with Crippen molar-refractivity contribution in [1.82, 2.24) is 14.7 Å². The van der Waals surface area contributed by atoms with Gasteiger partial charge >= 0.3 is 0 Å². The van der Waals surface area contributed by atoms with Crippen LogP contribution in [0.3, 0.4) is 0 Å². The van der Waals surface area contributed by atoms with Gasteiger partial charge in [-0.25, -0.2) is 0 Å². The molecule has 0 saturated carbocycles.